The van der Waals surface area contributed by atoms with E-state index < -0.39 is 10.0 Å². The molecule has 0 saturated carbocycles. The van der Waals surface area contributed by atoms with Crippen molar-refractivity contribution < 1.29 is 8.42 Å². The minimum atomic E-state index is -3.50. The average molecular weight is 317 g/mol. The molecule has 0 radical (unpaired) electrons. The number of halogens is 1. The van der Waals surface area contributed by atoms with Crippen LogP contribution in [0.4, 0.5) is 0 Å². The molecule has 112 valence electrons. The Hall–Kier alpha value is -0.620. The highest BCUT2D eigenvalue weighted by atomic mass is 35.5. The molecule has 0 aliphatic carbocycles. The van der Waals surface area contributed by atoms with Crippen LogP contribution < -0.4 is 5.73 Å². The summed E-state index contributed by atoms with van der Waals surface area (Å²) in [5.74, 6) is 0. The fourth-order valence-electron chi connectivity index (χ4n) is 2.85. The van der Waals surface area contributed by atoms with Gasteiger partial charge in [0.15, 0.2) is 0 Å². The topological polar surface area (TPSA) is 63.4 Å². The van der Waals surface area contributed by atoms with Gasteiger partial charge in [-0.15, -0.1) is 0 Å². The molecular weight excluding hydrogens is 296 g/mol. The minimum absolute atomic E-state index is 0.0247. The highest BCUT2D eigenvalue weighted by molar-refractivity contribution is 7.89. The van der Waals surface area contributed by atoms with Crippen LogP contribution in [0.1, 0.15) is 38.7 Å². The molecule has 2 N–H and O–H groups in total. The van der Waals surface area contributed by atoms with E-state index in [0.29, 0.717) is 11.6 Å². The van der Waals surface area contributed by atoms with E-state index in [-0.39, 0.29) is 17.0 Å². The van der Waals surface area contributed by atoms with Crippen molar-refractivity contribution in [3.63, 3.8) is 0 Å². The van der Waals surface area contributed by atoms with Crippen molar-refractivity contribution in [2.45, 2.75) is 56.6 Å². The Kier molecular flexibility index (Phi) is 4.74. The first-order valence-electron chi connectivity index (χ1n) is 6.90. The number of benzene rings is 1. The predicted molar refractivity (Wildman–Crippen MR) is 81.1 cm³/mol. The van der Waals surface area contributed by atoms with Gasteiger partial charge in [-0.1, -0.05) is 24.1 Å². The van der Waals surface area contributed by atoms with Gasteiger partial charge >= 0.3 is 0 Å². The van der Waals surface area contributed by atoms with Crippen molar-refractivity contribution in [3.05, 3.63) is 28.8 Å². The summed E-state index contributed by atoms with van der Waals surface area (Å²) < 4.78 is 27.2. The van der Waals surface area contributed by atoms with Crippen molar-refractivity contribution >= 4 is 21.6 Å². The van der Waals surface area contributed by atoms with Crippen LogP contribution in [-0.4, -0.2) is 24.8 Å². The summed E-state index contributed by atoms with van der Waals surface area (Å²) in [4.78, 5) is 0.250. The zero-order valence-electron chi connectivity index (χ0n) is 11.8. The van der Waals surface area contributed by atoms with Crippen LogP contribution in [0.25, 0.3) is 0 Å². The Morgan fingerprint density at radius 3 is 2.40 bits per heavy atom. The normalized spacial score (nSPS) is 24.8. The van der Waals surface area contributed by atoms with E-state index in [1.165, 1.54) is 6.07 Å². The summed E-state index contributed by atoms with van der Waals surface area (Å²) in [6.45, 7) is 4.22. The van der Waals surface area contributed by atoms with E-state index in [2.05, 4.69) is 0 Å². The standard InChI is InChI=1S/C14H21ClN2O2S/c1-10-4-3-5-11(2)17(10)20(18,19)13-7-6-12(9-16)14(15)8-13/h6-8,10-11H,3-5,9,16H2,1-2H3. The van der Waals surface area contributed by atoms with Gasteiger partial charge in [-0.3, -0.25) is 0 Å². The summed E-state index contributed by atoms with van der Waals surface area (Å²) in [6.07, 6.45) is 2.87. The van der Waals surface area contributed by atoms with E-state index in [9.17, 15) is 8.42 Å². The van der Waals surface area contributed by atoms with Gasteiger partial charge in [0.1, 0.15) is 0 Å². The van der Waals surface area contributed by atoms with Gasteiger partial charge in [0.05, 0.1) is 4.90 Å². The molecular formula is C14H21ClN2O2S. The maximum absolute atomic E-state index is 12.8. The number of sulfonamides is 1. The van der Waals surface area contributed by atoms with Gasteiger partial charge in [0, 0.05) is 23.7 Å². The van der Waals surface area contributed by atoms with Crippen molar-refractivity contribution in [3.8, 4) is 0 Å². The SMILES string of the molecule is CC1CCCC(C)N1S(=O)(=O)c1ccc(CN)c(Cl)c1. The molecule has 2 unspecified atom stereocenters. The summed E-state index contributed by atoms with van der Waals surface area (Å²) in [6, 6.07) is 4.84. The van der Waals surface area contributed by atoms with Crippen LogP contribution in [0.5, 0.6) is 0 Å². The quantitative estimate of drug-likeness (QED) is 0.932. The molecule has 20 heavy (non-hydrogen) atoms. The predicted octanol–water partition coefficient (Wildman–Crippen LogP) is 2.75. The largest absolute Gasteiger partial charge is 0.326 e. The van der Waals surface area contributed by atoms with Crippen molar-refractivity contribution in [2.75, 3.05) is 0 Å². The van der Waals surface area contributed by atoms with Crippen molar-refractivity contribution in [2.24, 2.45) is 5.73 Å². The Bertz CT molecular complexity index is 579. The molecule has 6 heteroatoms. The van der Waals surface area contributed by atoms with E-state index in [4.69, 9.17) is 17.3 Å². The molecule has 2 rings (SSSR count). The van der Waals surface area contributed by atoms with Crippen LogP contribution in [0.2, 0.25) is 5.02 Å². The summed E-state index contributed by atoms with van der Waals surface area (Å²) in [5.41, 5.74) is 6.31. The van der Waals surface area contributed by atoms with Gasteiger partial charge in [0.25, 0.3) is 0 Å². The molecule has 1 aliphatic heterocycles. The highest BCUT2D eigenvalue weighted by Gasteiger charge is 2.35. The third-order valence-corrected chi connectivity index (χ3v) is 6.41. The fourth-order valence-corrected chi connectivity index (χ4v) is 5.08. The van der Waals surface area contributed by atoms with Crippen molar-refractivity contribution in [1.29, 1.82) is 0 Å². The zero-order valence-corrected chi connectivity index (χ0v) is 13.4. The van der Waals surface area contributed by atoms with E-state index >= 15 is 0 Å². The molecule has 0 spiro atoms. The molecule has 2 atom stereocenters. The summed E-state index contributed by atoms with van der Waals surface area (Å²) in [7, 11) is -3.50. The molecule has 1 aromatic carbocycles. The molecule has 0 bridgehead atoms. The van der Waals surface area contributed by atoms with Gasteiger partial charge in [0.2, 0.25) is 10.0 Å². The lowest BCUT2D eigenvalue weighted by Gasteiger charge is -2.37. The first-order chi connectivity index (χ1) is 9.37. The molecule has 0 amide bonds. The second-order valence-electron chi connectivity index (χ2n) is 5.42. The number of hydrogen-bond donors (Lipinski definition) is 1. The monoisotopic (exact) mass is 316 g/mol. The number of hydrogen-bond acceptors (Lipinski definition) is 3. The van der Waals surface area contributed by atoms with Gasteiger partial charge < -0.3 is 5.73 Å². The van der Waals surface area contributed by atoms with Crippen molar-refractivity contribution in [1.82, 2.24) is 4.31 Å². The Morgan fingerprint density at radius 1 is 1.30 bits per heavy atom. The van der Waals surface area contributed by atoms with Crippen LogP contribution in [0.15, 0.2) is 23.1 Å². The second-order valence-corrected chi connectivity index (χ2v) is 7.67. The lowest BCUT2D eigenvalue weighted by Crippen LogP contribution is -2.47. The van der Waals surface area contributed by atoms with Crippen LogP contribution in [-0.2, 0) is 16.6 Å². The minimum Gasteiger partial charge on any atom is -0.326 e. The summed E-state index contributed by atoms with van der Waals surface area (Å²) >= 11 is 6.08. The van der Waals surface area contributed by atoms with Crippen LogP contribution in [0.3, 0.4) is 0 Å². The number of rotatable bonds is 3. The number of nitrogens with zero attached hydrogens (tertiary/aromatic N) is 1. The fraction of sp³-hybridized carbons (Fsp3) is 0.571. The van der Waals surface area contributed by atoms with E-state index in [0.717, 1.165) is 24.8 Å². The lowest BCUT2D eigenvalue weighted by atomic mass is 10.0. The first kappa shape index (κ1) is 15.8. The molecule has 1 fully saturated rings. The Morgan fingerprint density at radius 2 is 1.90 bits per heavy atom. The number of nitrogens with two attached hydrogens (primary N) is 1. The van der Waals surface area contributed by atoms with Gasteiger partial charge in [-0.25, -0.2) is 8.42 Å². The molecule has 1 saturated heterocycles. The Balaban J connectivity index is 2.41. The Labute approximate surface area is 126 Å². The third kappa shape index (κ3) is 2.86. The molecule has 1 aliphatic rings. The molecule has 1 heterocycles. The van der Waals surface area contributed by atoms with E-state index in [1.54, 1.807) is 16.4 Å². The molecule has 0 aromatic heterocycles. The molecule has 4 nitrogen and oxygen atoms in total. The lowest BCUT2D eigenvalue weighted by molar-refractivity contribution is 0.204. The van der Waals surface area contributed by atoms with Crippen LogP contribution >= 0.6 is 11.6 Å². The van der Waals surface area contributed by atoms with Gasteiger partial charge in [-0.2, -0.15) is 4.31 Å². The summed E-state index contributed by atoms with van der Waals surface area (Å²) in [5, 5.41) is 0.408. The highest BCUT2D eigenvalue weighted by Crippen LogP contribution is 2.31. The maximum atomic E-state index is 12.8. The smallest absolute Gasteiger partial charge is 0.243 e. The van der Waals surface area contributed by atoms with E-state index in [1.807, 2.05) is 13.8 Å². The number of piperidine rings is 1. The maximum Gasteiger partial charge on any atom is 0.243 e. The van der Waals surface area contributed by atoms with Crippen LogP contribution in [0, 0.1) is 0 Å². The third-order valence-electron chi connectivity index (χ3n) is 3.93. The first-order valence-corrected chi connectivity index (χ1v) is 8.71. The second kappa shape index (κ2) is 6.02. The van der Waals surface area contributed by atoms with Gasteiger partial charge in [-0.05, 0) is 44.4 Å². The average Bonchev–Trinajstić information content (AvgIpc) is 2.38. The molecule has 1 aromatic rings. The zero-order chi connectivity index (χ0) is 14.9.